The Morgan fingerprint density at radius 2 is 1.38 bits per heavy atom. The maximum absolute atomic E-state index is 5.85. The van der Waals surface area contributed by atoms with E-state index >= 15 is 0 Å². The molecule has 0 unspecified atom stereocenters. The van der Waals surface area contributed by atoms with Crippen molar-refractivity contribution in [1.29, 1.82) is 0 Å². The van der Waals surface area contributed by atoms with E-state index in [2.05, 4.69) is 20.3 Å². The van der Waals surface area contributed by atoms with Crippen LogP contribution in [0, 0.1) is 0 Å². The van der Waals surface area contributed by atoms with Crippen LogP contribution in [0.15, 0.2) is 66.9 Å². The lowest BCUT2D eigenvalue weighted by Gasteiger charge is -2.07. The Morgan fingerprint density at radius 1 is 0.750 bits per heavy atom. The molecule has 0 bridgehead atoms. The summed E-state index contributed by atoms with van der Waals surface area (Å²) in [5.41, 5.74) is 13.8. The Morgan fingerprint density at radius 3 is 2.03 bits per heavy atom. The standard InChI is InChI=1S/C23H21N7O2/c24-22-7-1-15-11-18(3-5-20(15)26-22)31-10-9-30-13-17(28-29-30)14-32-19-4-6-21-16(12-19)2-8-23(25)27-21/h1-8,11-13H,9-10,14H2,(H2,24,26)(H2,25,27). The molecule has 0 spiro atoms. The first-order valence-electron chi connectivity index (χ1n) is 10.1. The number of ether oxygens (including phenoxy) is 2. The van der Waals surface area contributed by atoms with E-state index in [4.69, 9.17) is 20.9 Å². The lowest BCUT2D eigenvalue weighted by molar-refractivity contribution is 0.290. The monoisotopic (exact) mass is 427 g/mol. The van der Waals surface area contributed by atoms with Crippen molar-refractivity contribution in [1.82, 2.24) is 25.0 Å². The number of nitrogens with zero attached hydrogens (tertiary/aromatic N) is 5. The summed E-state index contributed by atoms with van der Waals surface area (Å²) >= 11 is 0. The van der Waals surface area contributed by atoms with E-state index in [0.29, 0.717) is 31.4 Å². The third-order valence-electron chi connectivity index (χ3n) is 4.93. The molecule has 0 amide bonds. The lowest BCUT2D eigenvalue weighted by Crippen LogP contribution is -2.08. The number of nitrogens with two attached hydrogens (primary N) is 2. The van der Waals surface area contributed by atoms with Gasteiger partial charge in [0.25, 0.3) is 0 Å². The van der Waals surface area contributed by atoms with Gasteiger partial charge in [-0.15, -0.1) is 5.10 Å². The van der Waals surface area contributed by atoms with Gasteiger partial charge in [-0.25, -0.2) is 14.6 Å². The van der Waals surface area contributed by atoms with Gasteiger partial charge in [-0.3, -0.25) is 0 Å². The highest BCUT2D eigenvalue weighted by atomic mass is 16.5. The van der Waals surface area contributed by atoms with Gasteiger partial charge in [0.15, 0.2) is 0 Å². The Kier molecular flexibility index (Phi) is 5.12. The van der Waals surface area contributed by atoms with E-state index in [1.807, 2.05) is 54.7 Å². The van der Waals surface area contributed by atoms with Crippen molar-refractivity contribution in [3.05, 3.63) is 72.6 Å². The van der Waals surface area contributed by atoms with Gasteiger partial charge in [-0.05, 0) is 60.7 Å². The molecular formula is C23H21N7O2. The van der Waals surface area contributed by atoms with E-state index in [9.17, 15) is 0 Å². The van der Waals surface area contributed by atoms with Crippen LogP contribution >= 0.6 is 0 Å². The van der Waals surface area contributed by atoms with Gasteiger partial charge in [-0.2, -0.15) is 0 Å². The fourth-order valence-electron chi connectivity index (χ4n) is 3.35. The molecule has 0 atom stereocenters. The number of aromatic nitrogens is 5. The largest absolute Gasteiger partial charge is 0.492 e. The highest BCUT2D eigenvalue weighted by Gasteiger charge is 2.05. The molecule has 3 heterocycles. The molecule has 160 valence electrons. The molecular weight excluding hydrogens is 406 g/mol. The zero-order valence-corrected chi connectivity index (χ0v) is 17.2. The lowest BCUT2D eigenvalue weighted by atomic mass is 10.2. The highest BCUT2D eigenvalue weighted by Crippen LogP contribution is 2.22. The molecule has 5 aromatic rings. The predicted molar refractivity (Wildman–Crippen MR) is 122 cm³/mol. The van der Waals surface area contributed by atoms with Crippen molar-refractivity contribution in [3.8, 4) is 11.5 Å². The second kappa shape index (κ2) is 8.38. The molecule has 0 saturated heterocycles. The number of fused-ring (bicyclic) bond motifs is 2. The molecule has 2 aromatic carbocycles. The normalized spacial score (nSPS) is 11.1. The van der Waals surface area contributed by atoms with Crippen LogP contribution in [0.1, 0.15) is 5.69 Å². The SMILES string of the molecule is Nc1ccc2cc(OCCn3cc(COc4ccc5nc(N)ccc5c4)nn3)ccc2n1. The van der Waals surface area contributed by atoms with Crippen LogP contribution in [0.4, 0.5) is 11.6 Å². The van der Waals surface area contributed by atoms with Crippen LogP contribution in [-0.4, -0.2) is 31.6 Å². The summed E-state index contributed by atoms with van der Waals surface area (Å²) in [7, 11) is 0. The van der Waals surface area contributed by atoms with Crippen LogP contribution in [-0.2, 0) is 13.2 Å². The first-order chi connectivity index (χ1) is 15.6. The highest BCUT2D eigenvalue weighted by molar-refractivity contribution is 5.82. The summed E-state index contributed by atoms with van der Waals surface area (Å²) in [5, 5.41) is 10.2. The maximum atomic E-state index is 5.85. The van der Waals surface area contributed by atoms with Crippen molar-refractivity contribution in [2.45, 2.75) is 13.2 Å². The fraction of sp³-hybridized carbons (Fsp3) is 0.130. The van der Waals surface area contributed by atoms with Crippen LogP contribution in [0.25, 0.3) is 21.8 Å². The minimum atomic E-state index is 0.315. The molecule has 0 aliphatic rings. The number of anilines is 2. The summed E-state index contributed by atoms with van der Waals surface area (Å²) in [6.45, 7) is 1.34. The van der Waals surface area contributed by atoms with Crippen LogP contribution < -0.4 is 20.9 Å². The van der Waals surface area contributed by atoms with E-state index < -0.39 is 0 Å². The zero-order chi connectivity index (χ0) is 21.9. The molecule has 32 heavy (non-hydrogen) atoms. The number of benzene rings is 2. The smallest absolute Gasteiger partial charge is 0.134 e. The van der Waals surface area contributed by atoms with Crippen molar-refractivity contribution in [3.63, 3.8) is 0 Å². The average molecular weight is 427 g/mol. The van der Waals surface area contributed by atoms with Gasteiger partial charge in [0.2, 0.25) is 0 Å². The first-order valence-corrected chi connectivity index (χ1v) is 10.1. The summed E-state index contributed by atoms with van der Waals surface area (Å²) in [6.07, 6.45) is 1.85. The van der Waals surface area contributed by atoms with Gasteiger partial charge in [-0.1, -0.05) is 5.21 Å². The van der Waals surface area contributed by atoms with Crippen molar-refractivity contribution < 1.29 is 9.47 Å². The predicted octanol–water partition coefficient (Wildman–Crippen LogP) is 3.20. The van der Waals surface area contributed by atoms with Gasteiger partial charge in [0, 0.05) is 10.8 Å². The Bertz CT molecular complexity index is 1400. The Balaban J connectivity index is 1.15. The van der Waals surface area contributed by atoms with Crippen molar-refractivity contribution in [2.75, 3.05) is 18.1 Å². The first kappa shape index (κ1) is 19.6. The molecule has 0 fully saturated rings. The van der Waals surface area contributed by atoms with Crippen molar-refractivity contribution >= 4 is 33.4 Å². The van der Waals surface area contributed by atoms with Crippen LogP contribution in [0.3, 0.4) is 0 Å². The van der Waals surface area contributed by atoms with Crippen LogP contribution in [0.2, 0.25) is 0 Å². The summed E-state index contributed by atoms with van der Waals surface area (Å²) in [6, 6.07) is 18.8. The van der Waals surface area contributed by atoms with E-state index in [0.717, 1.165) is 39.0 Å². The van der Waals surface area contributed by atoms with E-state index in [-0.39, 0.29) is 0 Å². The topological polar surface area (TPSA) is 127 Å². The minimum absolute atomic E-state index is 0.315. The number of pyridine rings is 2. The average Bonchev–Trinajstić information content (AvgIpc) is 3.25. The second-order valence-electron chi connectivity index (χ2n) is 7.29. The van der Waals surface area contributed by atoms with Gasteiger partial charge in [0.1, 0.15) is 42.0 Å². The second-order valence-corrected chi connectivity index (χ2v) is 7.29. The molecule has 0 aliphatic heterocycles. The quantitative estimate of drug-likeness (QED) is 0.405. The van der Waals surface area contributed by atoms with Crippen LogP contribution in [0.5, 0.6) is 11.5 Å². The van der Waals surface area contributed by atoms with E-state index in [1.54, 1.807) is 16.8 Å². The van der Waals surface area contributed by atoms with Crippen molar-refractivity contribution in [2.24, 2.45) is 0 Å². The summed E-state index contributed by atoms with van der Waals surface area (Å²) in [4.78, 5) is 8.57. The molecule has 9 nitrogen and oxygen atoms in total. The molecule has 4 N–H and O–H groups in total. The number of nitrogen functional groups attached to an aromatic ring is 2. The summed E-state index contributed by atoms with van der Waals surface area (Å²) in [5.74, 6) is 2.49. The fourth-order valence-corrected chi connectivity index (χ4v) is 3.35. The third-order valence-corrected chi connectivity index (χ3v) is 4.93. The minimum Gasteiger partial charge on any atom is -0.492 e. The summed E-state index contributed by atoms with van der Waals surface area (Å²) < 4.78 is 13.4. The number of hydrogen-bond acceptors (Lipinski definition) is 8. The van der Waals surface area contributed by atoms with E-state index in [1.165, 1.54) is 0 Å². The maximum Gasteiger partial charge on any atom is 0.134 e. The Labute approximate surface area is 183 Å². The molecule has 3 aromatic heterocycles. The van der Waals surface area contributed by atoms with Gasteiger partial charge in [0.05, 0.1) is 23.8 Å². The number of hydrogen-bond donors (Lipinski definition) is 2. The Hall–Kier alpha value is -4.40. The molecule has 0 radical (unpaired) electrons. The van der Waals surface area contributed by atoms with Gasteiger partial charge >= 0.3 is 0 Å². The number of rotatable bonds is 7. The van der Waals surface area contributed by atoms with Gasteiger partial charge < -0.3 is 20.9 Å². The third kappa shape index (κ3) is 4.36. The molecule has 0 saturated carbocycles. The molecule has 0 aliphatic carbocycles. The molecule has 9 heteroatoms. The zero-order valence-electron chi connectivity index (χ0n) is 17.2. The molecule has 5 rings (SSSR count).